The van der Waals surface area contributed by atoms with E-state index in [0.29, 0.717) is 19.7 Å². The van der Waals surface area contributed by atoms with Gasteiger partial charge in [0.05, 0.1) is 5.56 Å². The van der Waals surface area contributed by atoms with Crippen LogP contribution in [-0.4, -0.2) is 36.9 Å². The quantitative estimate of drug-likeness (QED) is 0.608. The largest absolute Gasteiger partial charge is 0.478 e. The summed E-state index contributed by atoms with van der Waals surface area (Å²) < 4.78 is 5.20. The summed E-state index contributed by atoms with van der Waals surface area (Å²) in [5, 5.41) is 14.3. The van der Waals surface area contributed by atoms with E-state index in [1.807, 2.05) is 6.92 Å². The van der Waals surface area contributed by atoms with Crippen molar-refractivity contribution in [3.63, 3.8) is 0 Å². The maximum absolute atomic E-state index is 11.5. The van der Waals surface area contributed by atoms with E-state index in [2.05, 4.69) is 10.6 Å². The number of carbonyl (C=O) groups excluding carboxylic acids is 1. The average Bonchev–Trinajstić information content (AvgIpc) is 2.49. The van der Waals surface area contributed by atoms with Crippen LogP contribution >= 0.6 is 0 Å². The third-order valence-electron chi connectivity index (χ3n) is 2.86. The van der Waals surface area contributed by atoms with Gasteiger partial charge in [0.1, 0.15) is 0 Å². The van der Waals surface area contributed by atoms with E-state index in [-0.39, 0.29) is 11.6 Å². The normalized spacial score (nSPS) is 10.1. The topological polar surface area (TPSA) is 87.7 Å². The number of hydrogen-bond donors (Lipinski definition) is 3. The van der Waals surface area contributed by atoms with Gasteiger partial charge in [-0.2, -0.15) is 0 Å². The van der Waals surface area contributed by atoms with Gasteiger partial charge in [0.15, 0.2) is 0 Å². The van der Waals surface area contributed by atoms with Crippen LogP contribution in [0.15, 0.2) is 24.3 Å². The van der Waals surface area contributed by atoms with Crippen molar-refractivity contribution in [3.05, 3.63) is 35.4 Å². The first-order valence-electron chi connectivity index (χ1n) is 7.05. The monoisotopic (exact) mass is 294 g/mol. The highest BCUT2D eigenvalue weighted by atomic mass is 16.5. The lowest BCUT2D eigenvalue weighted by Crippen LogP contribution is -2.35. The van der Waals surface area contributed by atoms with Gasteiger partial charge in [0.25, 0.3) is 0 Å². The predicted octanol–water partition coefficient (Wildman–Crippen LogP) is 2.00. The van der Waals surface area contributed by atoms with Gasteiger partial charge in [0.2, 0.25) is 0 Å². The molecule has 1 rings (SSSR count). The van der Waals surface area contributed by atoms with Crippen molar-refractivity contribution in [3.8, 4) is 0 Å². The van der Waals surface area contributed by atoms with Crippen molar-refractivity contribution in [2.24, 2.45) is 0 Å². The summed E-state index contributed by atoms with van der Waals surface area (Å²) >= 11 is 0. The molecule has 0 heterocycles. The Bertz CT molecular complexity index is 445. The minimum atomic E-state index is -0.959. The second kappa shape index (κ2) is 9.77. The van der Waals surface area contributed by atoms with Crippen LogP contribution in [0.1, 0.15) is 35.7 Å². The Labute approximate surface area is 124 Å². The summed E-state index contributed by atoms with van der Waals surface area (Å²) in [4.78, 5) is 22.2. The van der Waals surface area contributed by atoms with E-state index in [1.165, 1.54) is 12.1 Å². The minimum Gasteiger partial charge on any atom is -0.478 e. The maximum Gasteiger partial charge on any atom is 0.335 e. The van der Waals surface area contributed by atoms with Crippen LogP contribution in [0.3, 0.4) is 0 Å². The molecule has 6 heteroatoms. The Morgan fingerprint density at radius 3 is 2.48 bits per heavy atom. The van der Waals surface area contributed by atoms with E-state index in [4.69, 9.17) is 9.84 Å². The van der Waals surface area contributed by atoms with E-state index in [9.17, 15) is 9.59 Å². The van der Waals surface area contributed by atoms with Crippen molar-refractivity contribution in [2.75, 3.05) is 19.8 Å². The molecule has 0 aliphatic carbocycles. The lowest BCUT2D eigenvalue weighted by molar-refractivity contribution is 0.0697. The van der Waals surface area contributed by atoms with Crippen molar-refractivity contribution < 1.29 is 19.4 Å². The summed E-state index contributed by atoms with van der Waals surface area (Å²) in [5.41, 5.74) is 1.09. The van der Waals surface area contributed by atoms with Crippen LogP contribution in [0.4, 0.5) is 4.79 Å². The number of nitrogens with one attached hydrogen (secondary N) is 2. The number of benzene rings is 1. The molecular weight excluding hydrogens is 272 g/mol. The van der Waals surface area contributed by atoms with Crippen LogP contribution in [0.25, 0.3) is 0 Å². The van der Waals surface area contributed by atoms with Crippen molar-refractivity contribution in [2.45, 2.75) is 26.3 Å². The van der Waals surface area contributed by atoms with Gasteiger partial charge in [-0.1, -0.05) is 12.1 Å². The molecule has 0 saturated heterocycles. The molecule has 0 atom stereocenters. The van der Waals surface area contributed by atoms with Crippen LogP contribution in [-0.2, 0) is 11.3 Å². The lowest BCUT2D eigenvalue weighted by Gasteiger charge is -2.08. The zero-order valence-electron chi connectivity index (χ0n) is 12.2. The molecule has 21 heavy (non-hydrogen) atoms. The van der Waals surface area contributed by atoms with Gasteiger partial charge < -0.3 is 20.5 Å². The maximum atomic E-state index is 11.5. The van der Waals surface area contributed by atoms with Gasteiger partial charge >= 0.3 is 12.0 Å². The van der Waals surface area contributed by atoms with Gasteiger partial charge in [-0.25, -0.2) is 9.59 Å². The molecule has 0 aromatic heterocycles. The van der Waals surface area contributed by atoms with E-state index >= 15 is 0 Å². The molecule has 0 bridgehead atoms. The molecule has 6 nitrogen and oxygen atoms in total. The smallest absolute Gasteiger partial charge is 0.335 e. The number of hydrogen-bond acceptors (Lipinski definition) is 3. The standard InChI is InChI=1S/C15H22N2O4/c1-2-21-10-4-3-9-16-15(20)17-11-12-5-7-13(8-6-12)14(18)19/h5-8H,2-4,9-11H2,1H3,(H,18,19)(H2,16,17,20). The fraction of sp³-hybridized carbons (Fsp3) is 0.467. The van der Waals surface area contributed by atoms with Crippen LogP contribution in [0, 0.1) is 0 Å². The molecule has 0 saturated carbocycles. The molecule has 3 N–H and O–H groups in total. The number of amides is 2. The molecule has 0 radical (unpaired) electrons. The molecular formula is C15H22N2O4. The number of ether oxygens (including phenoxy) is 1. The lowest BCUT2D eigenvalue weighted by atomic mass is 10.1. The number of carbonyl (C=O) groups is 2. The minimum absolute atomic E-state index is 0.228. The van der Waals surface area contributed by atoms with Gasteiger partial charge in [-0.15, -0.1) is 0 Å². The second-order valence-electron chi connectivity index (χ2n) is 4.52. The SMILES string of the molecule is CCOCCCCNC(=O)NCc1ccc(C(=O)O)cc1. The van der Waals surface area contributed by atoms with Crippen molar-refractivity contribution in [1.82, 2.24) is 10.6 Å². The molecule has 2 amide bonds. The first-order valence-corrected chi connectivity index (χ1v) is 7.05. The summed E-state index contributed by atoms with van der Waals surface area (Å²) in [6.07, 6.45) is 1.80. The fourth-order valence-electron chi connectivity index (χ4n) is 1.69. The number of aromatic carboxylic acids is 1. The Morgan fingerprint density at radius 2 is 1.86 bits per heavy atom. The summed E-state index contributed by atoms with van der Waals surface area (Å²) in [5.74, 6) is -0.959. The van der Waals surface area contributed by atoms with E-state index in [0.717, 1.165) is 25.0 Å². The van der Waals surface area contributed by atoms with Crippen LogP contribution < -0.4 is 10.6 Å². The van der Waals surface area contributed by atoms with E-state index in [1.54, 1.807) is 12.1 Å². The molecule has 0 aliphatic rings. The highest BCUT2D eigenvalue weighted by Crippen LogP contribution is 2.04. The highest BCUT2D eigenvalue weighted by Gasteiger charge is 2.03. The zero-order valence-corrected chi connectivity index (χ0v) is 12.2. The number of carboxylic acid groups (broad SMARTS) is 1. The number of unbranched alkanes of at least 4 members (excludes halogenated alkanes) is 1. The fourth-order valence-corrected chi connectivity index (χ4v) is 1.69. The Morgan fingerprint density at radius 1 is 1.14 bits per heavy atom. The second-order valence-corrected chi connectivity index (χ2v) is 4.52. The average molecular weight is 294 g/mol. The highest BCUT2D eigenvalue weighted by molar-refractivity contribution is 5.87. The van der Waals surface area contributed by atoms with Gasteiger partial charge in [0, 0.05) is 26.3 Å². The van der Waals surface area contributed by atoms with Gasteiger partial charge in [-0.3, -0.25) is 0 Å². The molecule has 0 fully saturated rings. The van der Waals surface area contributed by atoms with E-state index < -0.39 is 5.97 Å². The van der Waals surface area contributed by atoms with Crippen molar-refractivity contribution in [1.29, 1.82) is 0 Å². The predicted molar refractivity (Wildman–Crippen MR) is 79.4 cm³/mol. The molecule has 116 valence electrons. The summed E-state index contributed by atoms with van der Waals surface area (Å²) in [7, 11) is 0. The summed E-state index contributed by atoms with van der Waals surface area (Å²) in [6.45, 7) is 4.36. The number of carboxylic acids is 1. The molecule has 0 unspecified atom stereocenters. The number of rotatable bonds is 9. The first-order chi connectivity index (χ1) is 10.1. The molecule has 0 aliphatic heterocycles. The molecule has 0 spiro atoms. The Hall–Kier alpha value is -2.08. The van der Waals surface area contributed by atoms with Crippen LogP contribution in [0.5, 0.6) is 0 Å². The molecule has 1 aromatic carbocycles. The first kappa shape index (κ1) is 17.0. The van der Waals surface area contributed by atoms with Crippen molar-refractivity contribution >= 4 is 12.0 Å². The summed E-state index contributed by atoms with van der Waals surface area (Å²) in [6, 6.07) is 6.18. The Kier molecular flexibility index (Phi) is 7.89. The van der Waals surface area contributed by atoms with Gasteiger partial charge in [-0.05, 0) is 37.5 Å². The number of urea groups is 1. The third-order valence-corrected chi connectivity index (χ3v) is 2.86. The third kappa shape index (κ3) is 7.31. The zero-order chi connectivity index (χ0) is 15.5. The Balaban J connectivity index is 2.16. The van der Waals surface area contributed by atoms with Crippen LogP contribution in [0.2, 0.25) is 0 Å². The molecule has 1 aromatic rings.